The predicted octanol–water partition coefficient (Wildman–Crippen LogP) is 2.84. The van der Waals surface area contributed by atoms with Gasteiger partial charge in [-0.25, -0.2) is 0 Å². The molecule has 0 unspecified atom stereocenters. The van der Waals surface area contributed by atoms with Gasteiger partial charge in [-0.05, 0) is 6.42 Å². The Labute approximate surface area is 72.7 Å². The molecule has 0 saturated carbocycles. The van der Waals surface area contributed by atoms with E-state index in [4.69, 9.17) is 18.2 Å². The zero-order valence-electron chi connectivity index (χ0n) is 4.74. The maximum absolute atomic E-state index is 5.30. The van der Waals surface area contributed by atoms with Crippen molar-refractivity contribution in [3.8, 4) is 0 Å². The van der Waals surface area contributed by atoms with Crippen LogP contribution in [0.15, 0.2) is 6.08 Å². The average Bonchev–Trinajstić information content (AvgIpc) is 1.88. The molecule has 0 heterocycles. The molecule has 0 fully saturated rings. The zero-order chi connectivity index (χ0) is 6.83. The van der Waals surface area contributed by atoms with Gasteiger partial charge in [-0.1, -0.05) is 6.42 Å². The molecule has 0 saturated heterocycles. The van der Waals surface area contributed by atoms with Gasteiger partial charge in [0.25, 0.3) is 0 Å². The van der Waals surface area contributed by atoms with Crippen LogP contribution in [-0.4, -0.2) is 5.88 Å². The second-order valence-electron chi connectivity index (χ2n) is 1.07. The number of halogens is 2. The van der Waals surface area contributed by atoms with Gasteiger partial charge in [-0.3, -0.25) is 6.08 Å². The SMILES string of the molecule is [CH-]=CCCCCl.[Zn+][Br]. The third-order valence-corrected chi connectivity index (χ3v) is 0.772. The first-order valence-electron chi connectivity index (χ1n) is 2.28. The Hall–Kier alpha value is 1.13. The summed E-state index contributed by atoms with van der Waals surface area (Å²) in [6, 6.07) is 0. The minimum atomic E-state index is 0.716. The van der Waals surface area contributed by atoms with E-state index in [-0.39, 0.29) is 0 Å². The zero-order valence-corrected chi connectivity index (χ0v) is 10.0. The second kappa shape index (κ2) is 15.7. The number of unbranched alkanes of at least 4 members (excludes halogenated alkanes) is 1. The van der Waals surface area contributed by atoms with E-state index in [0.29, 0.717) is 5.88 Å². The predicted molar refractivity (Wildman–Crippen MR) is 37.8 cm³/mol. The standard InChI is InChI=1S/C5H8Cl.BrH.Zn/c1-2-3-4-5-6;;/h1-2H,3-5H2;1H;/q-1;;+2/p-1. The van der Waals surface area contributed by atoms with Gasteiger partial charge in [0.05, 0.1) is 0 Å². The third kappa shape index (κ3) is 15.7. The van der Waals surface area contributed by atoms with Crippen LogP contribution in [0.25, 0.3) is 0 Å². The van der Waals surface area contributed by atoms with Crippen molar-refractivity contribution in [1.29, 1.82) is 0 Å². The molecular weight excluding hydrogens is 241 g/mol. The summed E-state index contributed by atoms with van der Waals surface area (Å²) in [5.74, 6) is 0.716. The van der Waals surface area contributed by atoms with Crippen molar-refractivity contribution in [2.24, 2.45) is 0 Å². The van der Waals surface area contributed by atoms with E-state index in [1.54, 1.807) is 6.08 Å². The fraction of sp³-hybridized carbons (Fsp3) is 0.600. The van der Waals surface area contributed by atoms with Gasteiger partial charge in [0.2, 0.25) is 0 Å². The normalized spacial score (nSPS) is 7.00. The molecule has 0 aromatic carbocycles. The van der Waals surface area contributed by atoms with Gasteiger partial charge >= 0.3 is 30.0 Å². The Bertz CT molecular complexity index is 41.4. The summed E-state index contributed by atoms with van der Waals surface area (Å²) in [6.07, 6.45) is 3.56. The second-order valence-corrected chi connectivity index (χ2v) is 1.44. The van der Waals surface area contributed by atoms with Crippen molar-refractivity contribution in [3.63, 3.8) is 0 Å². The molecule has 0 atom stereocenters. The van der Waals surface area contributed by atoms with Crippen LogP contribution in [0.5, 0.6) is 0 Å². The summed E-state index contributed by atoms with van der Waals surface area (Å²) in [5, 5.41) is 0. The summed E-state index contributed by atoms with van der Waals surface area (Å²) in [5.41, 5.74) is 0. The molecule has 0 nitrogen and oxygen atoms in total. The molecule has 0 aliphatic carbocycles. The monoisotopic (exact) mass is 246 g/mol. The van der Waals surface area contributed by atoms with Crippen LogP contribution in [0.3, 0.4) is 0 Å². The molecule has 3 heteroatoms. The van der Waals surface area contributed by atoms with E-state index in [9.17, 15) is 0 Å². The van der Waals surface area contributed by atoms with Gasteiger partial charge in [-0.2, -0.15) is 0 Å². The Balaban J connectivity index is 0. The van der Waals surface area contributed by atoms with Crippen LogP contribution in [0.4, 0.5) is 0 Å². The summed E-state index contributed by atoms with van der Waals surface area (Å²) in [6.45, 7) is 5.03. The van der Waals surface area contributed by atoms with Gasteiger partial charge in [0, 0.05) is 5.88 Å². The molecule has 44 valence electrons. The topological polar surface area (TPSA) is 0 Å². The fourth-order valence-electron chi connectivity index (χ4n) is 0.195. The van der Waals surface area contributed by atoms with Crippen LogP contribution in [0, 0.1) is 6.58 Å². The summed E-state index contributed by atoms with van der Waals surface area (Å²) in [4.78, 5) is 0. The van der Waals surface area contributed by atoms with Crippen LogP contribution in [-0.2, 0) is 16.3 Å². The number of hydrogen-bond donors (Lipinski definition) is 0. The maximum atomic E-state index is 5.30. The summed E-state index contributed by atoms with van der Waals surface area (Å²) in [7, 11) is 0. The van der Waals surface area contributed by atoms with Gasteiger partial charge < -0.3 is 6.58 Å². The van der Waals surface area contributed by atoms with E-state index in [1.807, 2.05) is 0 Å². The number of rotatable bonds is 3. The van der Waals surface area contributed by atoms with Crippen molar-refractivity contribution in [2.45, 2.75) is 12.8 Å². The van der Waals surface area contributed by atoms with Crippen molar-refractivity contribution < 1.29 is 16.3 Å². The van der Waals surface area contributed by atoms with Gasteiger partial charge in [0.1, 0.15) is 0 Å². The van der Waals surface area contributed by atoms with Crippen LogP contribution in [0.2, 0.25) is 0 Å². The summed E-state index contributed by atoms with van der Waals surface area (Å²) >= 11 is 9.55. The third-order valence-electron chi connectivity index (χ3n) is 0.504. The first-order chi connectivity index (χ1) is 3.91. The van der Waals surface area contributed by atoms with Gasteiger partial charge in [0.15, 0.2) is 0 Å². The van der Waals surface area contributed by atoms with E-state index in [2.05, 4.69) is 13.6 Å². The van der Waals surface area contributed by atoms with Crippen molar-refractivity contribution in [2.75, 3.05) is 5.88 Å². The van der Waals surface area contributed by atoms with E-state index >= 15 is 0 Å². The molecule has 8 heavy (non-hydrogen) atoms. The van der Waals surface area contributed by atoms with E-state index in [0.717, 1.165) is 12.8 Å². The molecule has 0 aromatic heterocycles. The first kappa shape index (κ1) is 11.9. The molecular formula is C5H8BrClZn. The van der Waals surface area contributed by atoms with Crippen LogP contribution >= 0.6 is 25.2 Å². The Morgan fingerprint density at radius 2 is 2.12 bits per heavy atom. The summed E-state index contributed by atoms with van der Waals surface area (Å²) < 4.78 is 0. The van der Waals surface area contributed by atoms with Crippen molar-refractivity contribution >= 4 is 25.2 Å². The van der Waals surface area contributed by atoms with E-state index < -0.39 is 0 Å². The number of alkyl halides is 1. The molecule has 0 aliphatic heterocycles. The van der Waals surface area contributed by atoms with Crippen molar-refractivity contribution in [3.05, 3.63) is 12.7 Å². The molecule has 0 spiro atoms. The Morgan fingerprint density at radius 3 is 2.25 bits per heavy atom. The fourth-order valence-corrected chi connectivity index (χ4v) is 0.349. The van der Waals surface area contributed by atoms with Crippen molar-refractivity contribution in [1.82, 2.24) is 0 Å². The first-order valence-corrected chi connectivity index (χ1v) is 9.76. The Morgan fingerprint density at radius 1 is 1.62 bits per heavy atom. The molecule has 0 radical (unpaired) electrons. The molecule has 0 N–H and O–H groups in total. The average molecular weight is 249 g/mol. The van der Waals surface area contributed by atoms with E-state index in [1.165, 1.54) is 16.3 Å². The molecule has 0 amide bonds. The molecule has 0 aromatic rings. The number of allylic oxidation sites excluding steroid dienone is 1. The quantitative estimate of drug-likeness (QED) is 0.312. The molecule has 0 rings (SSSR count). The van der Waals surface area contributed by atoms with Crippen LogP contribution in [0.1, 0.15) is 12.8 Å². The number of hydrogen-bond acceptors (Lipinski definition) is 0. The Kier molecular flexibility index (Phi) is 23.3. The molecule has 0 aliphatic rings. The minimum absolute atomic E-state index is 0.716. The van der Waals surface area contributed by atoms with Gasteiger partial charge in [-0.15, -0.1) is 11.6 Å². The van der Waals surface area contributed by atoms with Crippen LogP contribution < -0.4 is 0 Å². The molecule has 0 bridgehead atoms.